The Hall–Kier alpha value is -2.06. The van der Waals surface area contributed by atoms with Crippen LogP contribution in [0.25, 0.3) is 10.8 Å². The first-order valence-electron chi connectivity index (χ1n) is 17.8. The van der Waals surface area contributed by atoms with Gasteiger partial charge in [0.25, 0.3) is 0 Å². The molecule has 0 radical (unpaired) electrons. The second kappa shape index (κ2) is 16.2. The van der Waals surface area contributed by atoms with Gasteiger partial charge in [-0.25, -0.2) is 0 Å². The van der Waals surface area contributed by atoms with Crippen molar-refractivity contribution < 1.29 is 68.5 Å². The number of hydrogen-bond acceptors (Lipinski definition) is 19. The summed E-state index contributed by atoms with van der Waals surface area (Å²) in [5.41, 5.74) is 31.7. The van der Waals surface area contributed by atoms with Crippen LogP contribution in [-0.4, -0.2) is 167 Å². The number of hydrogen-bond donors (Lipinski definition) is 11. The summed E-state index contributed by atoms with van der Waals surface area (Å²) in [5.74, 6) is 0. The van der Waals surface area contributed by atoms with Gasteiger partial charge in [0.05, 0.1) is 31.4 Å². The standard InChI is InChI=1S/C34H51N5O14/c35-9-17-23(42)24(43)20(38)32(47-17)52-28-18(10-40)48-34(26(28)45)53-30-22(41)15(36)8-16(37)27(30)50-33-21(39)25(44)29-19(49-33)11-46-31(51-29)14-7-3-5-12-4-1-2-6-13(12)14/h1-7,15-34,40-45H,8-11,35-39H2/t15-,16+,17?,18-,19-,20-,21-,22+,23-,24-,25-,26-,27+,28-,29-,30-,31?,32-,33-,34+/m1/s1. The molecule has 0 amide bonds. The number of fused-ring (bicyclic) bond motifs is 2. The van der Waals surface area contributed by atoms with Gasteiger partial charge in [-0.15, -0.1) is 0 Å². The minimum absolute atomic E-state index is 0.0365. The zero-order valence-corrected chi connectivity index (χ0v) is 28.8. The van der Waals surface area contributed by atoms with Crippen LogP contribution in [0, 0.1) is 0 Å². The summed E-state index contributed by atoms with van der Waals surface area (Å²) in [5, 5.41) is 66.7. The fourth-order valence-electron chi connectivity index (χ4n) is 7.82. The topological polar surface area (TPSA) is 325 Å². The second-order valence-electron chi connectivity index (χ2n) is 14.4. The van der Waals surface area contributed by atoms with E-state index in [-0.39, 0.29) is 19.6 Å². The molecule has 2 aromatic carbocycles. The second-order valence-corrected chi connectivity index (χ2v) is 14.4. The summed E-state index contributed by atoms with van der Waals surface area (Å²) in [6.45, 7) is -0.768. The Morgan fingerprint density at radius 3 is 2.06 bits per heavy atom. The lowest BCUT2D eigenvalue weighted by Gasteiger charge is -2.49. The zero-order valence-electron chi connectivity index (χ0n) is 28.8. The third-order valence-electron chi connectivity index (χ3n) is 10.9. The Balaban J connectivity index is 1.04. The predicted molar refractivity (Wildman–Crippen MR) is 181 cm³/mol. The number of aliphatic hydroxyl groups excluding tert-OH is 6. The molecule has 0 bridgehead atoms. The lowest BCUT2D eigenvalue weighted by molar-refractivity contribution is -0.355. The van der Waals surface area contributed by atoms with Gasteiger partial charge in [-0.05, 0) is 17.2 Å². The molecule has 7 rings (SSSR count). The van der Waals surface area contributed by atoms with Gasteiger partial charge in [-0.1, -0.05) is 42.5 Å². The van der Waals surface area contributed by atoms with Crippen molar-refractivity contribution in [1.82, 2.24) is 0 Å². The normalized spacial score (nSPS) is 47.8. The molecule has 0 aromatic heterocycles. The molecule has 5 fully saturated rings. The molecule has 2 aromatic rings. The molecule has 4 heterocycles. The van der Waals surface area contributed by atoms with Crippen molar-refractivity contribution in [2.45, 2.75) is 129 Å². The van der Waals surface area contributed by atoms with E-state index >= 15 is 0 Å². The molecule has 4 aliphatic heterocycles. The maximum atomic E-state index is 11.4. The van der Waals surface area contributed by atoms with Crippen LogP contribution in [-0.2, 0) is 37.9 Å². The van der Waals surface area contributed by atoms with Crippen LogP contribution in [0.15, 0.2) is 42.5 Å². The monoisotopic (exact) mass is 753 g/mol. The van der Waals surface area contributed by atoms with E-state index in [0.29, 0.717) is 0 Å². The van der Waals surface area contributed by atoms with Crippen LogP contribution in [0.5, 0.6) is 0 Å². The first-order chi connectivity index (χ1) is 25.4. The van der Waals surface area contributed by atoms with Gasteiger partial charge in [-0.2, -0.15) is 0 Å². The fourth-order valence-corrected chi connectivity index (χ4v) is 7.82. The first-order valence-corrected chi connectivity index (χ1v) is 17.8. The Morgan fingerprint density at radius 1 is 0.642 bits per heavy atom. The average Bonchev–Trinajstić information content (AvgIpc) is 3.46. The summed E-state index contributed by atoms with van der Waals surface area (Å²) in [6, 6.07) is 9.47. The molecule has 1 aliphatic carbocycles. The van der Waals surface area contributed by atoms with Gasteiger partial charge in [0.15, 0.2) is 25.2 Å². The molecule has 19 nitrogen and oxygen atoms in total. The third kappa shape index (κ3) is 7.47. The minimum Gasteiger partial charge on any atom is -0.394 e. The smallest absolute Gasteiger partial charge is 0.187 e. The average molecular weight is 754 g/mol. The fraction of sp³-hybridized carbons (Fsp3) is 0.706. The largest absolute Gasteiger partial charge is 0.394 e. The van der Waals surface area contributed by atoms with Crippen molar-refractivity contribution in [3.8, 4) is 0 Å². The van der Waals surface area contributed by atoms with Gasteiger partial charge in [0.2, 0.25) is 0 Å². The molecule has 19 heteroatoms. The number of nitrogens with two attached hydrogens (primary N) is 5. The summed E-state index contributed by atoms with van der Waals surface area (Å²) in [7, 11) is 0. The van der Waals surface area contributed by atoms with Crippen LogP contribution < -0.4 is 28.7 Å². The highest BCUT2D eigenvalue weighted by molar-refractivity contribution is 5.85. The van der Waals surface area contributed by atoms with Crippen molar-refractivity contribution in [1.29, 1.82) is 0 Å². The highest BCUT2D eigenvalue weighted by Gasteiger charge is 2.55. The van der Waals surface area contributed by atoms with E-state index in [1.807, 2.05) is 42.5 Å². The minimum atomic E-state index is -1.60. The van der Waals surface area contributed by atoms with E-state index in [4.69, 9.17) is 66.6 Å². The van der Waals surface area contributed by atoms with E-state index in [1.165, 1.54) is 0 Å². The van der Waals surface area contributed by atoms with Crippen LogP contribution in [0.2, 0.25) is 0 Å². The van der Waals surface area contributed by atoms with E-state index in [1.54, 1.807) is 0 Å². The molecule has 53 heavy (non-hydrogen) atoms. The van der Waals surface area contributed by atoms with E-state index in [2.05, 4.69) is 0 Å². The molecule has 296 valence electrons. The third-order valence-corrected chi connectivity index (χ3v) is 10.9. The maximum absolute atomic E-state index is 11.4. The molecule has 20 atom stereocenters. The maximum Gasteiger partial charge on any atom is 0.187 e. The summed E-state index contributed by atoms with van der Waals surface area (Å²) >= 11 is 0. The lowest BCUT2D eigenvalue weighted by Crippen LogP contribution is -2.69. The number of rotatable bonds is 9. The first kappa shape index (κ1) is 39.2. The van der Waals surface area contributed by atoms with Gasteiger partial charge < -0.3 is 97.2 Å². The van der Waals surface area contributed by atoms with Crippen LogP contribution >= 0.6 is 0 Å². The van der Waals surface area contributed by atoms with Crippen LogP contribution in [0.4, 0.5) is 0 Å². The Kier molecular flexibility index (Phi) is 12.0. The molecule has 16 N–H and O–H groups in total. The highest BCUT2D eigenvalue weighted by atomic mass is 16.8. The molecule has 2 unspecified atom stereocenters. The molecule has 1 saturated carbocycles. The lowest BCUT2D eigenvalue weighted by atomic mass is 9.84. The van der Waals surface area contributed by atoms with E-state index in [0.717, 1.165) is 16.3 Å². The molecule has 5 aliphatic rings. The van der Waals surface area contributed by atoms with Crippen LogP contribution in [0.3, 0.4) is 0 Å². The van der Waals surface area contributed by atoms with Gasteiger partial charge in [0, 0.05) is 24.2 Å². The number of ether oxygens (including phenoxy) is 8. The van der Waals surface area contributed by atoms with Crippen molar-refractivity contribution in [2.75, 3.05) is 19.8 Å². The SMILES string of the molecule is NCC1O[C@H](O[C@H]2[C@@H](O)[C@H](O[C@@H]3[C@@H](O)[C@H](N)C[C@H](N)[C@@H]3O[C@H]3O[C@@H]4COC(c5cccc6ccccc56)O[C@H]4[C@H](O)[C@H]3N)O[C@@H]2CO)[C@H](N)[C@@H](O)[C@@H]1O. The number of aliphatic hydroxyl groups is 6. The van der Waals surface area contributed by atoms with Gasteiger partial charge in [-0.3, -0.25) is 0 Å². The van der Waals surface area contributed by atoms with Gasteiger partial charge in [0.1, 0.15) is 67.1 Å². The van der Waals surface area contributed by atoms with Crippen molar-refractivity contribution in [3.05, 3.63) is 48.0 Å². The van der Waals surface area contributed by atoms with Crippen LogP contribution in [0.1, 0.15) is 18.3 Å². The summed E-state index contributed by atoms with van der Waals surface area (Å²) in [6.07, 6.45) is -19.6. The molecular formula is C34H51N5O14. The Labute approximate surface area is 304 Å². The quantitative estimate of drug-likeness (QED) is 0.114. The predicted octanol–water partition coefficient (Wildman–Crippen LogP) is -4.95. The van der Waals surface area contributed by atoms with E-state index < -0.39 is 129 Å². The summed E-state index contributed by atoms with van der Waals surface area (Å²) < 4.78 is 48.2. The Morgan fingerprint density at radius 2 is 1.30 bits per heavy atom. The Bertz CT molecular complexity index is 1530. The molecule has 4 saturated heterocycles. The van der Waals surface area contributed by atoms with Crippen molar-refractivity contribution in [3.63, 3.8) is 0 Å². The number of benzene rings is 2. The molecule has 0 spiro atoms. The van der Waals surface area contributed by atoms with E-state index in [9.17, 15) is 30.6 Å². The zero-order chi connectivity index (χ0) is 37.7. The summed E-state index contributed by atoms with van der Waals surface area (Å²) in [4.78, 5) is 0. The van der Waals surface area contributed by atoms with Crippen molar-refractivity contribution >= 4 is 10.8 Å². The van der Waals surface area contributed by atoms with Gasteiger partial charge >= 0.3 is 0 Å². The highest BCUT2D eigenvalue weighted by Crippen LogP contribution is 2.38. The molecular weight excluding hydrogens is 702 g/mol. The van der Waals surface area contributed by atoms with Crippen molar-refractivity contribution in [2.24, 2.45) is 28.7 Å².